The second-order valence-corrected chi connectivity index (χ2v) is 9.34. The van der Waals surface area contributed by atoms with Crippen molar-refractivity contribution in [2.24, 2.45) is 5.92 Å². The molecule has 2 atom stereocenters. The molecule has 8 heteroatoms. The monoisotopic (exact) mass is 482 g/mol. The lowest BCUT2D eigenvalue weighted by Crippen LogP contribution is -2.47. The number of halogens is 5. The van der Waals surface area contributed by atoms with E-state index in [2.05, 4.69) is 6.92 Å². The number of ether oxygens (including phenoxy) is 2. The van der Waals surface area contributed by atoms with Gasteiger partial charge < -0.3 is 14.6 Å². The minimum absolute atomic E-state index is 0.0940. The summed E-state index contributed by atoms with van der Waals surface area (Å²) >= 11 is 0. The van der Waals surface area contributed by atoms with Crippen molar-refractivity contribution in [3.8, 4) is 0 Å². The van der Waals surface area contributed by atoms with E-state index in [0.717, 1.165) is 32.1 Å². The van der Waals surface area contributed by atoms with E-state index in [1.54, 1.807) is 27.7 Å². The molecular weight excluding hydrogens is 443 g/mol. The summed E-state index contributed by atoms with van der Waals surface area (Å²) < 4.78 is 81.2. The zero-order valence-corrected chi connectivity index (χ0v) is 20.6. The van der Waals surface area contributed by atoms with Crippen LogP contribution in [0.15, 0.2) is 0 Å². The third kappa shape index (κ3) is 8.48. The number of hydrogen-bond donors (Lipinski definition) is 1. The van der Waals surface area contributed by atoms with E-state index in [4.69, 9.17) is 9.47 Å². The highest BCUT2D eigenvalue weighted by atomic mass is 19.2. The molecule has 0 aliphatic carbocycles. The molecule has 3 nitrogen and oxygen atoms in total. The summed E-state index contributed by atoms with van der Waals surface area (Å²) in [5, 5.41) is 11.3. The van der Waals surface area contributed by atoms with E-state index in [0.29, 0.717) is 12.8 Å². The van der Waals surface area contributed by atoms with Gasteiger partial charge in [-0.1, -0.05) is 52.4 Å². The van der Waals surface area contributed by atoms with Crippen LogP contribution in [0.4, 0.5) is 22.0 Å². The number of rotatable bonds is 15. The lowest BCUT2D eigenvalue weighted by molar-refractivity contribution is -0.408. The summed E-state index contributed by atoms with van der Waals surface area (Å²) in [7, 11) is 0. The third-order valence-corrected chi connectivity index (χ3v) is 5.61. The quantitative estimate of drug-likeness (QED) is 0.0914. The Hall–Kier alpha value is -1.25. The number of aliphatic hydroxyl groups is 1. The van der Waals surface area contributed by atoms with Crippen molar-refractivity contribution >= 4 is 0 Å². The molecule has 0 bridgehead atoms. The molecule has 1 aromatic rings. The second kappa shape index (κ2) is 13.6. The average Bonchev–Trinajstić information content (AvgIpc) is 2.71. The maximum Gasteiger partial charge on any atom is 0.283 e. The van der Waals surface area contributed by atoms with Gasteiger partial charge in [-0.15, -0.1) is 0 Å². The molecule has 0 saturated carbocycles. The first-order valence-corrected chi connectivity index (χ1v) is 11.9. The lowest BCUT2D eigenvalue weighted by Gasteiger charge is -2.39. The van der Waals surface area contributed by atoms with Crippen LogP contribution in [-0.2, 0) is 9.47 Å². The average molecular weight is 483 g/mol. The zero-order chi connectivity index (χ0) is 25.3. The Morgan fingerprint density at radius 2 is 1.12 bits per heavy atom. The van der Waals surface area contributed by atoms with Gasteiger partial charge in [0.15, 0.2) is 23.3 Å². The summed E-state index contributed by atoms with van der Waals surface area (Å²) in [6.07, 6.45) is 5.35. The molecule has 0 aliphatic heterocycles. The Bertz CT molecular complexity index is 700. The minimum Gasteiger partial charge on any atom is -0.343 e. The molecule has 192 valence electrons. The van der Waals surface area contributed by atoms with Crippen LogP contribution in [0.1, 0.15) is 104 Å². The molecule has 0 aromatic heterocycles. The molecule has 1 aromatic carbocycles. The SMILES string of the molecule is CCCCCCCCC(CC(C)c1c(F)c(F)c(F)c(F)c1F)C(O)(OC(C)C)OC(C)C. The molecule has 0 heterocycles. The molecule has 0 fully saturated rings. The van der Waals surface area contributed by atoms with Gasteiger partial charge in [0.05, 0.1) is 12.2 Å². The summed E-state index contributed by atoms with van der Waals surface area (Å²) in [5.41, 5.74) is -0.893. The number of hydrogen-bond acceptors (Lipinski definition) is 3. The van der Waals surface area contributed by atoms with E-state index in [1.165, 1.54) is 6.92 Å². The van der Waals surface area contributed by atoms with Crippen molar-refractivity contribution < 1.29 is 36.5 Å². The highest BCUT2D eigenvalue weighted by Crippen LogP contribution is 2.39. The highest BCUT2D eigenvalue weighted by Gasteiger charge is 2.42. The molecule has 0 saturated heterocycles. The maximum atomic E-state index is 14.4. The van der Waals surface area contributed by atoms with E-state index < -0.39 is 64.7 Å². The Morgan fingerprint density at radius 1 is 0.697 bits per heavy atom. The largest absolute Gasteiger partial charge is 0.343 e. The van der Waals surface area contributed by atoms with Crippen LogP contribution in [0.3, 0.4) is 0 Å². The Kier molecular flexibility index (Phi) is 12.3. The Balaban J connectivity index is 3.22. The van der Waals surface area contributed by atoms with E-state index >= 15 is 0 Å². The van der Waals surface area contributed by atoms with Crippen LogP contribution >= 0.6 is 0 Å². The first-order valence-electron chi connectivity index (χ1n) is 11.9. The molecular formula is C25H39F5O3. The van der Waals surface area contributed by atoms with Crippen molar-refractivity contribution in [2.45, 2.75) is 117 Å². The molecule has 33 heavy (non-hydrogen) atoms. The fourth-order valence-corrected chi connectivity index (χ4v) is 4.12. The molecule has 2 unspecified atom stereocenters. The Labute approximate surface area is 194 Å². The summed E-state index contributed by atoms with van der Waals surface area (Å²) in [6.45, 7) is 10.3. The molecule has 0 aliphatic rings. The van der Waals surface area contributed by atoms with Gasteiger partial charge in [-0.05, 0) is 46.5 Å². The molecule has 1 rings (SSSR count). The van der Waals surface area contributed by atoms with Crippen molar-refractivity contribution in [3.63, 3.8) is 0 Å². The molecule has 0 amide bonds. The lowest BCUT2D eigenvalue weighted by atomic mass is 9.84. The van der Waals surface area contributed by atoms with Crippen LogP contribution in [-0.4, -0.2) is 23.3 Å². The normalized spacial score (nSPS) is 14.4. The van der Waals surface area contributed by atoms with Crippen LogP contribution in [0.5, 0.6) is 0 Å². The maximum absolute atomic E-state index is 14.4. The van der Waals surface area contributed by atoms with Gasteiger partial charge >= 0.3 is 0 Å². The van der Waals surface area contributed by atoms with E-state index in [1.807, 2.05) is 0 Å². The smallest absolute Gasteiger partial charge is 0.283 e. The van der Waals surface area contributed by atoms with Crippen LogP contribution in [0.25, 0.3) is 0 Å². The third-order valence-electron chi connectivity index (χ3n) is 5.61. The van der Waals surface area contributed by atoms with E-state index in [9.17, 15) is 27.1 Å². The van der Waals surface area contributed by atoms with Crippen molar-refractivity contribution in [1.29, 1.82) is 0 Å². The highest BCUT2D eigenvalue weighted by molar-refractivity contribution is 5.27. The Morgan fingerprint density at radius 3 is 1.58 bits per heavy atom. The van der Waals surface area contributed by atoms with Crippen molar-refractivity contribution in [2.75, 3.05) is 0 Å². The molecule has 1 N–H and O–H groups in total. The van der Waals surface area contributed by atoms with Crippen LogP contribution < -0.4 is 0 Å². The fraction of sp³-hybridized carbons (Fsp3) is 0.760. The number of benzene rings is 1. The topological polar surface area (TPSA) is 38.7 Å². The first-order chi connectivity index (χ1) is 15.4. The second-order valence-electron chi connectivity index (χ2n) is 9.34. The van der Waals surface area contributed by atoms with Gasteiger partial charge in [0.1, 0.15) is 0 Å². The molecule has 0 spiro atoms. The van der Waals surface area contributed by atoms with Gasteiger partial charge in [-0.3, -0.25) is 0 Å². The van der Waals surface area contributed by atoms with Crippen LogP contribution in [0.2, 0.25) is 0 Å². The molecule has 0 radical (unpaired) electrons. The van der Waals surface area contributed by atoms with Gasteiger partial charge in [0.2, 0.25) is 5.82 Å². The van der Waals surface area contributed by atoms with Gasteiger partial charge in [0.25, 0.3) is 5.97 Å². The van der Waals surface area contributed by atoms with Crippen molar-refractivity contribution in [3.05, 3.63) is 34.6 Å². The first kappa shape index (κ1) is 29.8. The summed E-state index contributed by atoms with van der Waals surface area (Å²) in [6, 6.07) is 0. The predicted molar refractivity (Wildman–Crippen MR) is 118 cm³/mol. The van der Waals surface area contributed by atoms with Gasteiger partial charge in [-0.2, -0.15) is 0 Å². The summed E-state index contributed by atoms with van der Waals surface area (Å²) in [5.74, 6) is -13.7. The van der Waals surface area contributed by atoms with E-state index in [-0.39, 0.29) is 6.42 Å². The van der Waals surface area contributed by atoms with Crippen LogP contribution in [0, 0.1) is 35.0 Å². The summed E-state index contributed by atoms with van der Waals surface area (Å²) in [4.78, 5) is 0. The van der Waals surface area contributed by atoms with Gasteiger partial charge in [-0.25, -0.2) is 22.0 Å². The minimum atomic E-state index is -2.19. The number of unbranched alkanes of at least 4 members (excludes halogenated alkanes) is 5. The van der Waals surface area contributed by atoms with Crippen molar-refractivity contribution in [1.82, 2.24) is 0 Å². The predicted octanol–water partition coefficient (Wildman–Crippen LogP) is 7.74. The fourth-order valence-electron chi connectivity index (χ4n) is 4.12. The standard InChI is InChI=1S/C25H39F5O3/c1-7-8-9-10-11-12-13-18(25(31,32-15(2)3)33-16(4)5)14-17(6)19-20(26)22(28)24(30)23(29)21(19)27/h15-18,31H,7-14H2,1-6H3. The zero-order valence-electron chi connectivity index (χ0n) is 20.6. The van der Waals surface area contributed by atoms with Gasteiger partial charge in [0, 0.05) is 11.5 Å².